The van der Waals surface area contributed by atoms with Crippen molar-refractivity contribution in [1.29, 1.82) is 0 Å². The van der Waals surface area contributed by atoms with Crippen LogP contribution in [0.4, 0.5) is 5.69 Å². The minimum absolute atomic E-state index is 0.188. The summed E-state index contributed by atoms with van der Waals surface area (Å²) in [7, 11) is 1.55. The number of benzene rings is 2. The molecule has 4 heteroatoms. The maximum Gasteiger partial charge on any atom is 0.162 e. The largest absolute Gasteiger partial charge is 0.504 e. The van der Waals surface area contributed by atoms with Gasteiger partial charge in [-0.15, -0.1) is 0 Å². The van der Waals surface area contributed by atoms with Gasteiger partial charge in [0.2, 0.25) is 0 Å². The molecule has 0 aliphatic heterocycles. The quantitative estimate of drug-likeness (QED) is 0.870. The number of ether oxygens (including phenoxy) is 1. The molecule has 0 fully saturated rings. The third-order valence-corrected chi connectivity index (χ3v) is 4.47. The molecular formula is C16H18BrNO2. The van der Waals surface area contributed by atoms with Crippen molar-refractivity contribution in [3.8, 4) is 11.5 Å². The lowest BCUT2D eigenvalue weighted by Gasteiger charge is -2.12. The van der Waals surface area contributed by atoms with Crippen molar-refractivity contribution in [2.24, 2.45) is 0 Å². The van der Waals surface area contributed by atoms with Crippen molar-refractivity contribution in [3.63, 3.8) is 0 Å². The van der Waals surface area contributed by atoms with Crippen LogP contribution in [0.1, 0.15) is 16.7 Å². The fourth-order valence-corrected chi connectivity index (χ4v) is 2.35. The number of anilines is 1. The molecule has 2 rings (SSSR count). The fourth-order valence-electron chi connectivity index (χ4n) is 2.12. The van der Waals surface area contributed by atoms with Crippen LogP contribution in [-0.2, 0) is 6.54 Å². The van der Waals surface area contributed by atoms with E-state index in [1.807, 2.05) is 12.1 Å². The van der Waals surface area contributed by atoms with E-state index in [-0.39, 0.29) is 5.75 Å². The summed E-state index contributed by atoms with van der Waals surface area (Å²) < 4.78 is 6.24. The van der Waals surface area contributed by atoms with Crippen LogP contribution in [-0.4, -0.2) is 12.2 Å². The summed E-state index contributed by atoms with van der Waals surface area (Å²) >= 11 is 3.56. The highest BCUT2D eigenvalue weighted by Gasteiger charge is 2.07. The van der Waals surface area contributed by atoms with Crippen molar-refractivity contribution in [3.05, 3.63) is 51.5 Å². The molecule has 0 atom stereocenters. The number of aryl methyl sites for hydroxylation is 2. The molecule has 106 valence electrons. The van der Waals surface area contributed by atoms with Crippen molar-refractivity contribution in [1.82, 2.24) is 0 Å². The van der Waals surface area contributed by atoms with E-state index in [1.165, 1.54) is 11.1 Å². The minimum atomic E-state index is 0.188. The van der Waals surface area contributed by atoms with Gasteiger partial charge in [-0.05, 0) is 43.2 Å². The molecule has 2 N–H and O–H groups in total. The predicted molar refractivity (Wildman–Crippen MR) is 85.6 cm³/mol. The number of aromatic hydroxyl groups is 1. The minimum Gasteiger partial charge on any atom is -0.504 e. The highest BCUT2D eigenvalue weighted by Crippen LogP contribution is 2.30. The SMILES string of the molecule is COc1cccc(CNc2cc(C)c(Br)c(C)c2)c1O. The molecule has 2 aromatic carbocycles. The second-order valence-electron chi connectivity index (χ2n) is 4.75. The van der Waals surface area contributed by atoms with Gasteiger partial charge in [-0.2, -0.15) is 0 Å². The van der Waals surface area contributed by atoms with Crippen molar-refractivity contribution >= 4 is 21.6 Å². The van der Waals surface area contributed by atoms with Gasteiger partial charge < -0.3 is 15.2 Å². The molecule has 0 heterocycles. The van der Waals surface area contributed by atoms with E-state index >= 15 is 0 Å². The number of nitrogens with one attached hydrogen (secondary N) is 1. The Morgan fingerprint density at radius 3 is 2.45 bits per heavy atom. The maximum atomic E-state index is 10.0. The lowest BCUT2D eigenvalue weighted by molar-refractivity contribution is 0.371. The van der Waals surface area contributed by atoms with E-state index in [9.17, 15) is 5.11 Å². The molecule has 0 spiro atoms. The molecule has 0 aliphatic carbocycles. The summed E-state index contributed by atoms with van der Waals surface area (Å²) in [6, 6.07) is 9.65. The van der Waals surface area contributed by atoms with E-state index in [4.69, 9.17) is 4.74 Å². The van der Waals surface area contributed by atoms with Crippen LogP contribution >= 0.6 is 15.9 Å². The molecule has 0 amide bonds. The average Bonchev–Trinajstić information content (AvgIpc) is 2.43. The zero-order chi connectivity index (χ0) is 14.7. The van der Waals surface area contributed by atoms with Gasteiger partial charge in [0.1, 0.15) is 0 Å². The number of para-hydroxylation sites is 1. The second kappa shape index (κ2) is 6.18. The van der Waals surface area contributed by atoms with Gasteiger partial charge in [-0.1, -0.05) is 28.1 Å². The molecule has 2 aromatic rings. The average molecular weight is 336 g/mol. The van der Waals surface area contributed by atoms with E-state index in [2.05, 4.69) is 47.2 Å². The van der Waals surface area contributed by atoms with Crippen LogP contribution in [0.15, 0.2) is 34.8 Å². The monoisotopic (exact) mass is 335 g/mol. The first-order valence-electron chi connectivity index (χ1n) is 6.38. The lowest BCUT2D eigenvalue weighted by atomic mass is 10.1. The van der Waals surface area contributed by atoms with Crippen molar-refractivity contribution < 1.29 is 9.84 Å². The topological polar surface area (TPSA) is 41.5 Å². The Labute approximate surface area is 127 Å². The zero-order valence-corrected chi connectivity index (χ0v) is 13.4. The Bertz CT molecular complexity index is 603. The molecule has 0 saturated carbocycles. The standard InChI is InChI=1S/C16H18BrNO2/c1-10-7-13(8-11(2)15(10)17)18-9-12-5-4-6-14(20-3)16(12)19/h4-8,18-19H,9H2,1-3H3. The first-order valence-corrected chi connectivity index (χ1v) is 7.17. The molecule has 3 nitrogen and oxygen atoms in total. The van der Waals surface area contributed by atoms with Gasteiger partial charge in [0, 0.05) is 22.3 Å². The van der Waals surface area contributed by atoms with Crippen LogP contribution in [0, 0.1) is 13.8 Å². The maximum absolute atomic E-state index is 10.0. The van der Waals surface area contributed by atoms with Crippen LogP contribution in [0.5, 0.6) is 11.5 Å². The van der Waals surface area contributed by atoms with E-state index in [1.54, 1.807) is 13.2 Å². The number of halogens is 1. The summed E-state index contributed by atoms with van der Waals surface area (Å²) in [6.45, 7) is 4.67. The molecule has 20 heavy (non-hydrogen) atoms. The number of phenols is 1. The summed E-state index contributed by atoms with van der Waals surface area (Å²) in [5.41, 5.74) is 4.21. The first-order chi connectivity index (χ1) is 9.52. The molecule has 0 aliphatic rings. The summed E-state index contributed by atoms with van der Waals surface area (Å²) in [5.74, 6) is 0.681. The molecule has 0 bridgehead atoms. The Hall–Kier alpha value is -1.68. The number of hydrogen-bond acceptors (Lipinski definition) is 3. The Balaban J connectivity index is 2.17. The number of phenolic OH excluding ortho intramolecular Hbond substituents is 1. The highest BCUT2D eigenvalue weighted by atomic mass is 79.9. The van der Waals surface area contributed by atoms with Gasteiger partial charge in [0.15, 0.2) is 11.5 Å². The van der Waals surface area contributed by atoms with E-state index in [0.717, 1.165) is 15.7 Å². The van der Waals surface area contributed by atoms with E-state index in [0.29, 0.717) is 12.3 Å². The third kappa shape index (κ3) is 3.07. The number of rotatable bonds is 4. The number of hydrogen-bond donors (Lipinski definition) is 2. The van der Waals surface area contributed by atoms with Crippen LogP contribution in [0.25, 0.3) is 0 Å². The summed E-state index contributed by atoms with van der Waals surface area (Å²) in [6.07, 6.45) is 0. The Kier molecular flexibility index (Phi) is 4.55. The van der Waals surface area contributed by atoms with E-state index < -0.39 is 0 Å². The van der Waals surface area contributed by atoms with Gasteiger partial charge in [-0.25, -0.2) is 0 Å². The molecule has 0 unspecified atom stereocenters. The van der Waals surface area contributed by atoms with Gasteiger partial charge in [0.25, 0.3) is 0 Å². The van der Waals surface area contributed by atoms with Crippen molar-refractivity contribution in [2.75, 3.05) is 12.4 Å². The van der Waals surface area contributed by atoms with Crippen LogP contribution in [0.3, 0.4) is 0 Å². The Morgan fingerprint density at radius 1 is 1.20 bits per heavy atom. The smallest absolute Gasteiger partial charge is 0.162 e. The molecule has 0 saturated heterocycles. The van der Waals surface area contributed by atoms with Gasteiger partial charge in [-0.3, -0.25) is 0 Å². The second-order valence-corrected chi connectivity index (χ2v) is 5.54. The predicted octanol–water partition coefficient (Wildman–Crippen LogP) is 4.39. The van der Waals surface area contributed by atoms with Crippen LogP contribution in [0.2, 0.25) is 0 Å². The first kappa shape index (κ1) is 14.7. The molecule has 0 radical (unpaired) electrons. The molecule has 0 aromatic heterocycles. The Morgan fingerprint density at radius 2 is 1.85 bits per heavy atom. The normalized spacial score (nSPS) is 10.4. The van der Waals surface area contributed by atoms with Crippen LogP contribution < -0.4 is 10.1 Å². The third-order valence-electron chi connectivity index (χ3n) is 3.22. The summed E-state index contributed by atoms with van der Waals surface area (Å²) in [5, 5.41) is 13.4. The van der Waals surface area contributed by atoms with Gasteiger partial charge in [0.05, 0.1) is 7.11 Å². The highest BCUT2D eigenvalue weighted by molar-refractivity contribution is 9.10. The summed E-state index contributed by atoms with van der Waals surface area (Å²) in [4.78, 5) is 0. The lowest BCUT2D eigenvalue weighted by Crippen LogP contribution is -2.01. The van der Waals surface area contributed by atoms with Gasteiger partial charge >= 0.3 is 0 Å². The van der Waals surface area contributed by atoms with Crippen molar-refractivity contribution in [2.45, 2.75) is 20.4 Å². The fraction of sp³-hybridized carbons (Fsp3) is 0.250. The zero-order valence-electron chi connectivity index (χ0n) is 11.8. The molecular weight excluding hydrogens is 318 g/mol. The number of methoxy groups -OCH3 is 1.